The Hall–Kier alpha value is -1.97. The summed E-state index contributed by atoms with van der Waals surface area (Å²) in [6, 6.07) is 16.5. The Morgan fingerprint density at radius 1 is 1.09 bits per heavy atom. The number of Topliss-reactive ketones (excluding diaryl/α,β-unsaturated/α-hetero) is 1. The Kier molecular flexibility index (Phi) is 4.89. The highest BCUT2D eigenvalue weighted by Crippen LogP contribution is 2.27. The monoisotopic (exact) mass is 309 g/mol. The molecule has 0 bridgehead atoms. The van der Waals surface area contributed by atoms with Crippen molar-refractivity contribution in [2.24, 2.45) is 0 Å². The van der Waals surface area contributed by atoms with Crippen molar-refractivity contribution in [3.8, 4) is 11.1 Å². The van der Waals surface area contributed by atoms with E-state index in [2.05, 4.69) is 35.2 Å². The van der Waals surface area contributed by atoms with Gasteiger partial charge in [-0.3, -0.25) is 9.69 Å². The molecule has 3 nitrogen and oxygen atoms in total. The summed E-state index contributed by atoms with van der Waals surface area (Å²) in [6.45, 7) is 4.35. The van der Waals surface area contributed by atoms with Crippen molar-refractivity contribution in [3.05, 3.63) is 59.7 Å². The van der Waals surface area contributed by atoms with Crippen molar-refractivity contribution >= 4 is 5.78 Å². The molecule has 0 amide bonds. The normalized spacial score (nSPS) is 17.2. The van der Waals surface area contributed by atoms with Gasteiger partial charge in [0.1, 0.15) is 5.78 Å². The maximum Gasteiger partial charge on any atom is 0.135 e. The quantitative estimate of drug-likeness (QED) is 0.938. The van der Waals surface area contributed by atoms with E-state index in [1.807, 2.05) is 18.2 Å². The number of rotatable bonds is 4. The van der Waals surface area contributed by atoms with Crippen LogP contribution in [-0.4, -0.2) is 28.9 Å². The second-order valence-electron chi connectivity index (χ2n) is 6.27. The Morgan fingerprint density at radius 2 is 1.83 bits per heavy atom. The standard InChI is InChI=1S/C20H23NO2/c1-15(22)16-6-4-7-17(13-16)20-8-3-2-5-18(20)14-21-11-9-19(23)10-12-21/h2-8,13,15,22H,9-12,14H2,1H3/t15-/m0/s1. The summed E-state index contributed by atoms with van der Waals surface area (Å²) in [4.78, 5) is 13.7. The first kappa shape index (κ1) is 15.9. The van der Waals surface area contributed by atoms with Gasteiger partial charge >= 0.3 is 0 Å². The highest BCUT2D eigenvalue weighted by Gasteiger charge is 2.17. The molecule has 0 spiro atoms. The fourth-order valence-corrected chi connectivity index (χ4v) is 3.11. The lowest BCUT2D eigenvalue weighted by molar-refractivity contribution is -0.121. The van der Waals surface area contributed by atoms with Gasteiger partial charge in [0, 0.05) is 32.5 Å². The number of carbonyl (C=O) groups is 1. The molecular formula is C20H23NO2. The smallest absolute Gasteiger partial charge is 0.135 e. The maximum absolute atomic E-state index is 11.4. The van der Waals surface area contributed by atoms with E-state index in [0.29, 0.717) is 18.6 Å². The second-order valence-corrected chi connectivity index (χ2v) is 6.27. The number of nitrogens with zero attached hydrogens (tertiary/aromatic N) is 1. The SMILES string of the molecule is C[C@H](O)c1cccc(-c2ccccc2CN2CCC(=O)CC2)c1. The van der Waals surface area contributed by atoms with Crippen molar-refractivity contribution in [1.82, 2.24) is 4.90 Å². The molecule has 0 saturated carbocycles. The van der Waals surface area contributed by atoms with E-state index in [9.17, 15) is 9.90 Å². The van der Waals surface area contributed by atoms with E-state index < -0.39 is 6.10 Å². The predicted octanol–water partition coefficient (Wildman–Crippen LogP) is 3.57. The van der Waals surface area contributed by atoms with Gasteiger partial charge in [-0.05, 0) is 35.2 Å². The summed E-state index contributed by atoms with van der Waals surface area (Å²) in [5.74, 6) is 0.374. The molecule has 3 heteroatoms. The Balaban J connectivity index is 1.86. The van der Waals surface area contributed by atoms with Crippen LogP contribution >= 0.6 is 0 Å². The van der Waals surface area contributed by atoms with Crippen molar-refractivity contribution in [3.63, 3.8) is 0 Å². The summed E-state index contributed by atoms with van der Waals surface area (Å²) in [5.41, 5.74) is 4.53. The lowest BCUT2D eigenvalue weighted by Gasteiger charge is -2.26. The van der Waals surface area contributed by atoms with Gasteiger partial charge in [0.2, 0.25) is 0 Å². The van der Waals surface area contributed by atoms with Gasteiger partial charge in [0.25, 0.3) is 0 Å². The number of hydrogen-bond acceptors (Lipinski definition) is 3. The summed E-state index contributed by atoms with van der Waals surface area (Å²) in [6.07, 6.45) is 0.870. The third-order valence-corrected chi connectivity index (χ3v) is 4.51. The van der Waals surface area contributed by atoms with Crippen LogP contribution in [0.5, 0.6) is 0 Å². The molecule has 3 rings (SSSR count). The molecule has 1 saturated heterocycles. The number of aliphatic hydroxyl groups is 1. The van der Waals surface area contributed by atoms with Gasteiger partial charge in [0.15, 0.2) is 0 Å². The number of hydrogen-bond donors (Lipinski definition) is 1. The van der Waals surface area contributed by atoms with Crippen LogP contribution in [0.1, 0.15) is 37.0 Å². The molecule has 1 aliphatic heterocycles. The summed E-state index contributed by atoms with van der Waals surface area (Å²) < 4.78 is 0. The lowest BCUT2D eigenvalue weighted by Crippen LogP contribution is -2.33. The van der Waals surface area contributed by atoms with Gasteiger partial charge in [-0.15, -0.1) is 0 Å². The van der Waals surface area contributed by atoms with Gasteiger partial charge in [-0.1, -0.05) is 42.5 Å². The lowest BCUT2D eigenvalue weighted by atomic mass is 9.96. The fraction of sp³-hybridized carbons (Fsp3) is 0.350. The molecular weight excluding hydrogens is 286 g/mol. The molecule has 0 unspecified atom stereocenters. The van der Waals surface area contributed by atoms with Crippen LogP contribution < -0.4 is 0 Å². The van der Waals surface area contributed by atoms with Crippen LogP contribution in [0.2, 0.25) is 0 Å². The molecule has 23 heavy (non-hydrogen) atoms. The highest BCUT2D eigenvalue weighted by molar-refractivity contribution is 5.79. The third kappa shape index (κ3) is 3.87. The topological polar surface area (TPSA) is 40.5 Å². The van der Waals surface area contributed by atoms with Crippen LogP contribution in [0.3, 0.4) is 0 Å². The number of aliphatic hydroxyl groups excluding tert-OH is 1. The molecule has 0 aliphatic carbocycles. The highest BCUT2D eigenvalue weighted by atomic mass is 16.3. The molecule has 2 aromatic rings. The van der Waals surface area contributed by atoms with E-state index in [1.165, 1.54) is 11.1 Å². The summed E-state index contributed by atoms with van der Waals surface area (Å²) in [7, 11) is 0. The minimum atomic E-state index is -0.463. The first-order valence-corrected chi connectivity index (χ1v) is 8.24. The predicted molar refractivity (Wildman–Crippen MR) is 92.0 cm³/mol. The first-order valence-electron chi connectivity index (χ1n) is 8.24. The summed E-state index contributed by atoms with van der Waals surface area (Å²) in [5, 5.41) is 9.81. The largest absolute Gasteiger partial charge is 0.389 e. The van der Waals surface area contributed by atoms with Crippen LogP contribution in [0.4, 0.5) is 0 Å². The minimum absolute atomic E-state index is 0.374. The van der Waals surface area contributed by atoms with Crippen molar-refractivity contribution < 1.29 is 9.90 Å². The van der Waals surface area contributed by atoms with Crippen molar-refractivity contribution in [2.45, 2.75) is 32.4 Å². The van der Waals surface area contributed by atoms with Crippen LogP contribution in [0.15, 0.2) is 48.5 Å². The molecule has 0 radical (unpaired) electrons. The number of piperidine rings is 1. The molecule has 1 aliphatic rings. The Morgan fingerprint density at radius 3 is 2.57 bits per heavy atom. The Labute approximate surface area is 137 Å². The second kappa shape index (κ2) is 7.07. The number of likely N-dealkylation sites (tertiary alicyclic amines) is 1. The maximum atomic E-state index is 11.4. The number of benzene rings is 2. The Bertz CT molecular complexity index is 684. The van der Waals surface area contributed by atoms with Gasteiger partial charge in [-0.25, -0.2) is 0 Å². The molecule has 0 aromatic heterocycles. The number of carbonyl (C=O) groups excluding carboxylic acids is 1. The third-order valence-electron chi connectivity index (χ3n) is 4.51. The van der Waals surface area contributed by atoms with Crippen LogP contribution in [-0.2, 0) is 11.3 Å². The zero-order valence-corrected chi connectivity index (χ0v) is 13.5. The van der Waals surface area contributed by atoms with E-state index in [0.717, 1.165) is 30.8 Å². The van der Waals surface area contributed by atoms with E-state index in [-0.39, 0.29) is 0 Å². The first-order chi connectivity index (χ1) is 11.1. The zero-order chi connectivity index (χ0) is 16.2. The van der Waals surface area contributed by atoms with Crippen LogP contribution in [0.25, 0.3) is 11.1 Å². The van der Waals surface area contributed by atoms with Crippen molar-refractivity contribution in [1.29, 1.82) is 0 Å². The summed E-state index contributed by atoms with van der Waals surface area (Å²) >= 11 is 0. The van der Waals surface area contributed by atoms with E-state index in [1.54, 1.807) is 6.92 Å². The van der Waals surface area contributed by atoms with E-state index >= 15 is 0 Å². The average molecular weight is 309 g/mol. The fourth-order valence-electron chi connectivity index (χ4n) is 3.11. The van der Waals surface area contributed by atoms with Gasteiger partial charge in [0.05, 0.1) is 6.10 Å². The van der Waals surface area contributed by atoms with Crippen LogP contribution in [0, 0.1) is 0 Å². The number of ketones is 1. The minimum Gasteiger partial charge on any atom is -0.389 e. The van der Waals surface area contributed by atoms with Gasteiger partial charge in [-0.2, -0.15) is 0 Å². The molecule has 1 N–H and O–H groups in total. The van der Waals surface area contributed by atoms with Gasteiger partial charge < -0.3 is 5.11 Å². The molecule has 2 aromatic carbocycles. The zero-order valence-electron chi connectivity index (χ0n) is 13.5. The molecule has 1 fully saturated rings. The molecule has 1 heterocycles. The molecule has 1 atom stereocenters. The average Bonchev–Trinajstić information content (AvgIpc) is 2.57. The van der Waals surface area contributed by atoms with Crippen molar-refractivity contribution in [2.75, 3.05) is 13.1 Å². The van der Waals surface area contributed by atoms with E-state index in [4.69, 9.17) is 0 Å². The molecule has 120 valence electrons.